The number of nitrogens with one attached hydrogen (secondary N) is 1. The normalized spacial score (nSPS) is 12.0. The maximum Gasteiger partial charge on any atom is 0.235 e. The third kappa shape index (κ3) is 4.71. The van der Waals surface area contributed by atoms with Gasteiger partial charge in [0.05, 0.1) is 5.25 Å². The van der Waals surface area contributed by atoms with Gasteiger partial charge >= 0.3 is 0 Å². The lowest BCUT2D eigenvalue weighted by molar-refractivity contribution is -0.129. The van der Waals surface area contributed by atoms with Gasteiger partial charge in [-0.25, -0.2) is 0 Å². The highest BCUT2D eigenvalue weighted by atomic mass is 32.2. The van der Waals surface area contributed by atoms with Crippen molar-refractivity contribution in [3.8, 4) is 0 Å². The van der Waals surface area contributed by atoms with Gasteiger partial charge in [-0.15, -0.1) is 10.2 Å². The van der Waals surface area contributed by atoms with Crippen LogP contribution in [0.1, 0.15) is 19.4 Å². The first-order chi connectivity index (χ1) is 10.6. The molecule has 22 heavy (non-hydrogen) atoms. The molecule has 0 fully saturated rings. The Bertz CT molecular complexity index is 603. The summed E-state index contributed by atoms with van der Waals surface area (Å²) < 4.78 is 0.810. The minimum absolute atomic E-state index is 0.0917. The monoisotopic (exact) mass is 336 g/mol. The molecular formula is C15H20N4OS2. The van der Waals surface area contributed by atoms with Crippen molar-refractivity contribution < 1.29 is 4.79 Å². The number of carbonyl (C=O) groups excluding carboxylic acids is 1. The van der Waals surface area contributed by atoms with Gasteiger partial charge in [-0.05, 0) is 19.4 Å². The maximum atomic E-state index is 12.4. The molecule has 0 saturated carbocycles. The first-order valence-electron chi connectivity index (χ1n) is 7.13. The second-order valence-electron chi connectivity index (χ2n) is 4.84. The van der Waals surface area contributed by atoms with Crippen molar-refractivity contribution in [3.63, 3.8) is 0 Å². The number of hydrogen-bond acceptors (Lipinski definition) is 6. The highest BCUT2D eigenvalue weighted by molar-refractivity contribution is 8.02. The van der Waals surface area contributed by atoms with Crippen LogP contribution < -0.4 is 5.32 Å². The summed E-state index contributed by atoms with van der Waals surface area (Å²) in [7, 11) is 1.83. The van der Waals surface area contributed by atoms with Gasteiger partial charge in [-0.3, -0.25) is 4.79 Å². The topological polar surface area (TPSA) is 58.1 Å². The van der Waals surface area contributed by atoms with Gasteiger partial charge in [-0.1, -0.05) is 53.4 Å². The predicted molar refractivity (Wildman–Crippen MR) is 92.3 cm³/mol. The molecule has 0 spiro atoms. The van der Waals surface area contributed by atoms with Crippen LogP contribution >= 0.6 is 23.1 Å². The molecule has 0 bridgehead atoms. The number of hydrogen-bond donors (Lipinski definition) is 1. The van der Waals surface area contributed by atoms with E-state index in [2.05, 4.69) is 15.5 Å². The summed E-state index contributed by atoms with van der Waals surface area (Å²) in [6, 6.07) is 9.98. The van der Waals surface area contributed by atoms with Crippen molar-refractivity contribution in [1.29, 1.82) is 0 Å². The number of aromatic nitrogens is 2. The molecule has 7 heteroatoms. The molecule has 0 aliphatic carbocycles. The van der Waals surface area contributed by atoms with E-state index in [1.165, 1.54) is 23.1 Å². The van der Waals surface area contributed by atoms with Crippen LogP contribution in [0, 0.1) is 0 Å². The minimum atomic E-state index is -0.184. The lowest BCUT2D eigenvalue weighted by Gasteiger charge is -2.20. The molecule has 1 N–H and O–H groups in total. The van der Waals surface area contributed by atoms with E-state index in [4.69, 9.17) is 0 Å². The molecule has 1 atom stereocenters. The van der Waals surface area contributed by atoms with E-state index in [0.717, 1.165) is 21.6 Å². The van der Waals surface area contributed by atoms with Crippen LogP contribution in [0.2, 0.25) is 0 Å². The van der Waals surface area contributed by atoms with E-state index in [-0.39, 0.29) is 11.2 Å². The number of anilines is 1. The molecule has 0 radical (unpaired) electrons. The Morgan fingerprint density at radius 3 is 2.77 bits per heavy atom. The fourth-order valence-corrected chi connectivity index (χ4v) is 4.01. The van der Waals surface area contributed by atoms with Crippen molar-refractivity contribution in [1.82, 2.24) is 15.1 Å². The summed E-state index contributed by atoms with van der Waals surface area (Å²) in [6.07, 6.45) is 0. The highest BCUT2D eigenvalue weighted by Crippen LogP contribution is 2.29. The van der Waals surface area contributed by atoms with E-state index in [9.17, 15) is 4.79 Å². The Morgan fingerprint density at radius 2 is 2.09 bits per heavy atom. The number of carbonyl (C=O) groups is 1. The molecule has 5 nitrogen and oxygen atoms in total. The summed E-state index contributed by atoms with van der Waals surface area (Å²) >= 11 is 2.93. The van der Waals surface area contributed by atoms with E-state index in [1.807, 2.05) is 51.2 Å². The molecule has 0 unspecified atom stereocenters. The molecule has 1 amide bonds. The average Bonchev–Trinajstić information content (AvgIpc) is 2.95. The van der Waals surface area contributed by atoms with Gasteiger partial charge in [0.2, 0.25) is 11.0 Å². The third-order valence-electron chi connectivity index (χ3n) is 3.00. The lowest BCUT2D eigenvalue weighted by Crippen LogP contribution is -2.32. The second kappa shape index (κ2) is 8.14. The Hall–Kier alpha value is -1.60. The largest absolute Gasteiger partial charge is 0.360 e. The number of nitrogens with zero attached hydrogens (tertiary/aromatic N) is 3. The van der Waals surface area contributed by atoms with Gasteiger partial charge in [0.25, 0.3) is 0 Å². The van der Waals surface area contributed by atoms with Crippen molar-refractivity contribution >= 4 is 34.1 Å². The molecule has 0 saturated heterocycles. The first kappa shape index (κ1) is 16.8. The summed E-state index contributed by atoms with van der Waals surface area (Å²) in [5.41, 5.74) is 1.13. The molecule has 1 heterocycles. The number of rotatable bonds is 7. The van der Waals surface area contributed by atoms with Crippen molar-refractivity contribution in [2.45, 2.75) is 30.0 Å². The number of thioether (sulfide) groups is 1. The van der Waals surface area contributed by atoms with Crippen LogP contribution in [0.4, 0.5) is 5.13 Å². The van der Waals surface area contributed by atoms with Crippen LogP contribution in [-0.2, 0) is 11.3 Å². The molecule has 1 aromatic carbocycles. The first-order valence-corrected chi connectivity index (χ1v) is 8.82. The van der Waals surface area contributed by atoms with Crippen LogP contribution in [0.5, 0.6) is 0 Å². The van der Waals surface area contributed by atoms with Crippen molar-refractivity contribution in [2.75, 3.05) is 18.9 Å². The Balaban J connectivity index is 1.90. The number of amides is 1. The number of benzene rings is 1. The van der Waals surface area contributed by atoms with E-state index < -0.39 is 0 Å². The fourth-order valence-electron chi connectivity index (χ4n) is 1.93. The Labute approximate surface area is 139 Å². The summed E-state index contributed by atoms with van der Waals surface area (Å²) in [5, 5.41) is 11.9. The minimum Gasteiger partial charge on any atom is -0.360 e. The highest BCUT2D eigenvalue weighted by Gasteiger charge is 2.20. The van der Waals surface area contributed by atoms with Gasteiger partial charge in [0.1, 0.15) is 0 Å². The van der Waals surface area contributed by atoms with E-state index >= 15 is 0 Å². The summed E-state index contributed by atoms with van der Waals surface area (Å²) in [5.74, 6) is 0.0917. The van der Waals surface area contributed by atoms with Crippen molar-refractivity contribution in [2.24, 2.45) is 0 Å². The summed E-state index contributed by atoms with van der Waals surface area (Å²) in [4.78, 5) is 14.2. The van der Waals surface area contributed by atoms with Gasteiger partial charge in [0.15, 0.2) is 4.34 Å². The predicted octanol–water partition coefficient (Wildman–Crippen LogP) is 3.11. The van der Waals surface area contributed by atoms with Crippen LogP contribution in [0.3, 0.4) is 0 Å². The lowest BCUT2D eigenvalue weighted by atomic mass is 10.2. The molecule has 2 aromatic rings. The van der Waals surface area contributed by atoms with Gasteiger partial charge in [-0.2, -0.15) is 0 Å². The SMILES string of the molecule is CCNc1nnc(S[C@@H](C)C(=O)N(C)Cc2ccccc2)s1. The third-order valence-corrected chi connectivity index (χ3v) is 5.05. The Kier molecular flexibility index (Phi) is 6.21. The van der Waals surface area contributed by atoms with Crippen LogP contribution in [0.25, 0.3) is 0 Å². The van der Waals surface area contributed by atoms with Gasteiger partial charge < -0.3 is 10.2 Å². The molecular weight excluding hydrogens is 316 g/mol. The molecule has 0 aliphatic heterocycles. The Morgan fingerprint density at radius 1 is 1.36 bits per heavy atom. The zero-order chi connectivity index (χ0) is 15.9. The quantitative estimate of drug-likeness (QED) is 0.787. The maximum absolute atomic E-state index is 12.4. The van der Waals surface area contributed by atoms with Crippen molar-refractivity contribution in [3.05, 3.63) is 35.9 Å². The van der Waals surface area contributed by atoms with E-state index in [0.29, 0.717) is 6.54 Å². The average molecular weight is 336 g/mol. The van der Waals surface area contributed by atoms with Gasteiger partial charge in [0, 0.05) is 20.1 Å². The summed E-state index contributed by atoms with van der Waals surface area (Å²) in [6.45, 7) is 5.35. The fraction of sp³-hybridized carbons (Fsp3) is 0.400. The zero-order valence-electron chi connectivity index (χ0n) is 12.9. The molecule has 0 aliphatic rings. The molecule has 118 valence electrons. The van der Waals surface area contributed by atoms with Crippen LogP contribution in [0.15, 0.2) is 34.7 Å². The van der Waals surface area contributed by atoms with Crippen LogP contribution in [-0.4, -0.2) is 39.8 Å². The van der Waals surface area contributed by atoms with E-state index in [1.54, 1.807) is 4.90 Å². The smallest absolute Gasteiger partial charge is 0.235 e. The zero-order valence-corrected chi connectivity index (χ0v) is 14.6. The second-order valence-corrected chi connectivity index (χ2v) is 7.41. The molecule has 1 aromatic heterocycles. The molecule has 2 rings (SSSR count). The standard InChI is InChI=1S/C15H20N4OS2/c1-4-16-14-17-18-15(22-14)21-11(2)13(20)19(3)10-12-8-6-5-7-9-12/h5-9,11H,4,10H2,1-3H3,(H,16,17)/t11-/m0/s1.